The molecule has 1 aliphatic rings. The molecule has 1 saturated heterocycles. The van der Waals surface area contributed by atoms with Crippen molar-refractivity contribution in [1.29, 1.82) is 0 Å². The minimum Gasteiger partial charge on any atom is -0.468 e. The summed E-state index contributed by atoms with van der Waals surface area (Å²) in [7, 11) is 1.37. The van der Waals surface area contributed by atoms with Gasteiger partial charge in [-0.05, 0) is 24.1 Å². The third-order valence-electron chi connectivity index (χ3n) is 3.33. The van der Waals surface area contributed by atoms with E-state index in [4.69, 9.17) is 0 Å². The molecular weight excluding hydrogens is 304 g/mol. The van der Waals surface area contributed by atoms with Crippen molar-refractivity contribution < 1.29 is 19.4 Å². The minimum absolute atomic E-state index is 0.143. The smallest absolute Gasteiger partial charge is 0.315 e. The van der Waals surface area contributed by atoms with Crippen LogP contribution in [0.5, 0.6) is 0 Å². The van der Waals surface area contributed by atoms with Crippen molar-refractivity contribution in [2.75, 3.05) is 24.7 Å². The van der Waals surface area contributed by atoms with Gasteiger partial charge in [0.15, 0.2) is 0 Å². The number of carbonyl (C=O) groups is 2. The lowest BCUT2D eigenvalue weighted by atomic mass is 10.1. The molecule has 3 N–H and O–H groups in total. The second-order valence-electron chi connectivity index (χ2n) is 5.11. The standard InChI is InChI=1S/C15H20N2O4S/c1-21-14(19)9-22-8-10-3-2-4-11(5-10)17-15(20)13-6-12(18)7-16-13/h2-5,12-13,16,18H,6-9H2,1H3,(H,17,20). The Bertz CT molecular complexity index is 538. The summed E-state index contributed by atoms with van der Waals surface area (Å²) in [6.45, 7) is 0.447. The third kappa shape index (κ3) is 5.01. The Balaban J connectivity index is 1.85. The first kappa shape index (κ1) is 16.8. The van der Waals surface area contributed by atoms with Crippen LogP contribution in [0.4, 0.5) is 5.69 Å². The van der Waals surface area contributed by atoms with E-state index in [0.29, 0.717) is 30.2 Å². The van der Waals surface area contributed by atoms with Gasteiger partial charge in [0.05, 0.1) is 25.0 Å². The predicted octanol–water partition coefficient (Wildman–Crippen LogP) is 0.754. The Kier molecular flexibility index (Phi) is 6.23. The van der Waals surface area contributed by atoms with Crippen molar-refractivity contribution in [3.8, 4) is 0 Å². The number of nitrogens with one attached hydrogen (secondary N) is 2. The summed E-state index contributed by atoms with van der Waals surface area (Å²) in [5.41, 5.74) is 1.73. The quantitative estimate of drug-likeness (QED) is 0.670. The molecule has 1 aromatic rings. The summed E-state index contributed by atoms with van der Waals surface area (Å²) < 4.78 is 4.59. The molecule has 22 heavy (non-hydrogen) atoms. The van der Waals surface area contributed by atoms with Gasteiger partial charge in [0.25, 0.3) is 0 Å². The maximum atomic E-state index is 12.1. The van der Waals surface area contributed by atoms with E-state index in [1.807, 2.05) is 24.3 Å². The fourth-order valence-corrected chi connectivity index (χ4v) is 3.00. The van der Waals surface area contributed by atoms with E-state index in [2.05, 4.69) is 15.4 Å². The molecule has 0 bridgehead atoms. The predicted molar refractivity (Wildman–Crippen MR) is 85.7 cm³/mol. The number of aliphatic hydroxyl groups is 1. The van der Waals surface area contributed by atoms with Crippen LogP contribution in [-0.2, 0) is 20.1 Å². The molecule has 0 aliphatic carbocycles. The van der Waals surface area contributed by atoms with Gasteiger partial charge in [0.2, 0.25) is 5.91 Å². The van der Waals surface area contributed by atoms with Crippen molar-refractivity contribution in [1.82, 2.24) is 5.32 Å². The topological polar surface area (TPSA) is 87.7 Å². The van der Waals surface area contributed by atoms with Crippen LogP contribution in [-0.4, -0.2) is 48.5 Å². The second-order valence-corrected chi connectivity index (χ2v) is 6.09. The summed E-state index contributed by atoms with van der Waals surface area (Å²) >= 11 is 1.46. The average molecular weight is 324 g/mol. The first-order valence-corrected chi connectivity index (χ1v) is 8.19. The van der Waals surface area contributed by atoms with E-state index in [1.54, 1.807) is 0 Å². The van der Waals surface area contributed by atoms with Crippen molar-refractivity contribution in [2.24, 2.45) is 0 Å². The van der Waals surface area contributed by atoms with E-state index in [-0.39, 0.29) is 17.9 Å². The zero-order valence-electron chi connectivity index (χ0n) is 12.4. The number of amides is 1. The van der Waals surface area contributed by atoms with E-state index < -0.39 is 6.10 Å². The number of hydrogen-bond donors (Lipinski definition) is 3. The number of ether oxygens (including phenoxy) is 1. The van der Waals surface area contributed by atoms with Gasteiger partial charge in [0, 0.05) is 18.0 Å². The Labute approximate surface area is 133 Å². The maximum Gasteiger partial charge on any atom is 0.315 e. The van der Waals surface area contributed by atoms with Crippen LogP contribution < -0.4 is 10.6 Å². The molecule has 120 valence electrons. The highest BCUT2D eigenvalue weighted by Gasteiger charge is 2.27. The highest BCUT2D eigenvalue weighted by atomic mass is 32.2. The number of rotatable bonds is 6. The van der Waals surface area contributed by atoms with Crippen LogP contribution in [0.25, 0.3) is 0 Å². The summed E-state index contributed by atoms with van der Waals surface area (Å²) in [5, 5.41) is 15.3. The third-order valence-corrected chi connectivity index (χ3v) is 4.31. The fourth-order valence-electron chi connectivity index (χ4n) is 2.20. The first-order chi connectivity index (χ1) is 10.6. The van der Waals surface area contributed by atoms with E-state index in [9.17, 15) is 14.7 Å². The van der Waals surface area contributed by atoms with Crippen LogP contribution in [0.3, 0.4) is 0 Å². The van der Waals surface area contributed by atoms with Crippen LogP contribution in [0, 0.1) is 0 Å². The van der Waals surface area contributed by atoms with Crippen LogP contribution in [0.1, 0.15) is 12.0 Å². The number of esters is 1. The largest absolute Gasteiger partial charge is 0.468 e. The van der Waals surface area contributed by atoms with Gasteiger partial charge in [-0.1, -0.05) is 12.1 Å². The van der Waals surface area contributed by atoms with Gasteiger partial charge >= 0.3 is 5.97 Å². The fraction of sp³-hybridized carbons (Fsp3) is 0.467. The minimum atomic E-state index is -0.461. The second kappa shape index (κ2) is 8.17. The molecule has 1 heterocycles. The molecule has 0 aromatic heterocycles. The van der Waals surface area contributed by atoms with Gasteiger partial charge < -0.3 is 20.5 Å². The van der Waals surface area contributed by atoms with E-state index in [1.165, 1.54) is 18.9 Å². The van der Waals surface area contributed by atoms with Gasteiger partial charge in [0.1, 0.15) is 0 Å². The zero-order valence-corrected chi connectivity index (χ0v) is 13.2. The van der Waals surface area contributed by atoms with Gasteiger partial charge in [-0.25, -0.2) is 0 Å². The summed E-state index contributed by atoms with van der Waals surface area (Å²) in [4.78, 5) is 23.1. The number of benzene rings is 1. The number of thioether (sulfide) groups is 1. The molecule has 0 radical (unpaired) electrons. The molecule has 2 rings (SSSR count). The van der Waals surface area contributed by atoms with E-state index >= 15 is 0 Å². The number of carbonyl (C=O) groups excluding carboxylic acids is 2. The first-order valence-electron chi connectivity index (χ1n) is 7.04. The lowest BCUT2D eigenvalue weighted by molar-refractivity contribution is -0.137. The summed E-state index contributed by atoms with van der Waals surface area (Å²) in [6.07, 6.45) is -0.0302. The van der Waals surface area contributed by atoms with Gasteiger partial charge in [-0.3, -0.25) is 9.59 Å². The highest BCUT2D eigenvalue weighted by molar-refractivity contribution is 7.99. The van der Waals surface area contributed by atoms with Crippen molar-refractivity contribution >= 4 is 29.3 Å². The number of anilines is 1. The Morgan fingerprint density at radius 3 is 3.00 bits per heavy atom. The molecule has 1 fully saturated rings. The summed E-state index contributed by atoms with van der Waals surface area (Å²) in [5.74, 6) is 0.576. The average Bonchev–Trinajstić information content (AvgIpc) is 2.94. The normalized spacial score (nSPS) is 20.6. The molecule has 7 heteroatoms. The highest BCUT2D eigenvalue weighted by Crippen LogP contribution is 2.17. The molecule has 2 unspecified atom stereocenters. The molecule has 0 saturated carbocycles. The number of β-amino-alcohol motifs (C(OH)–C–C–N with tert-alkyl or cyclic N) is 1. The Morgan fingerprint density at radius 1 is 1.50 bits per heavy atom. The lowest BCUT2D eigenvalue weighted by Crippen LogP contribution is -2.35. The van der Waals surface area contributed by atoms with Gasteiger partial charge in [-0.15, -0.1) is 11.8 Å². The number of aliphatic hydroxyl groups excluding tert-OH is 1. The monoisotopic (exact) mass is 324 g/mol. The van der Waals surface area contributed by atoms with Crippen LogP contribution in [0.2, 0.25) is 0 Å². The van der Waals surface area contributed by atoms with Crippen molar-refractivity contribution in [3.63, 3.8) is 0 Å². The molecule has 1 aromatic carbocycles. The number of methoxy groups -OCH3 is 1. The van der Waals surface area contributed by atoms with Gasteiger partial charge in [-0.2, -0.15) is 0 Å². The summed E-state index contributed by atoms with van der Waals surface area (Å²) in [6, 6.07) is 7.15. The van der Waals surface area contributed by atoms with Crippen molar-refractivity contribution in [2.45, 2.75) is 24.3 Å². The molecule has 0 spiro atoms. The van der Waals surface area contributed by atoms with Crippen molar-refractivity contribution in [3.05, 3.63) is 29.8 Å². The lowest BCUT2D eigenvalue weighted by Gasteiger charge is -2.12. The molecule has 1 aliphatic heterocycles. The molecule has 2 atom stereocenters. The molecule has 6 nitrogen and oxygen atoms in total. The van der Waals surface area contributed by atoms with Crippen LogP contribution in [0.15, 0.2) is 24.3 Å². The number of hydrogen-bond acceptors (Lipinski definition) is 6. The molecular formula is C15H20N2O4S. The zero-order chi connectivity index (χ0) is 15.9. The maximum absolute atomic E-state index is 12.1. The SMILES string of the molecule is COC(=O)CSCc1cccc(NC(=O)C2CC(O)CN2)c1. The Hall–Kier alpha value is -1.57. The Morgan fingerprint density at radius 2 is 2.32 bits per heavy atom. The van der Waals surface area contributed by atoms with Crippen LogP contribution >= 0.6 is 11.8 Å². The molecule has 1 amide bonds. The van der Waals surface area contributed by atoms with E-state index in [0.717, 1.165) is 5.56 Å².